The molecule has 0 saturated heterocycles. The molecular formula is C19H31NO3SSi. The van der Waals surface area contributed by atoms with Gasteiger partial charge in [-0.2, -0.15) is 0 Å². The predicted molar refractivity (Wildman–Crippen MR) is 106 cm³/mol. The van der Waals surface area contributed by atoms with E-state index < -0.39 is 23.6 Å². The van der Waals surface area contributed by atoms with Crippen molar-refractivity contribution in [3.05, 3.63) is 41.5 Å². The minimum atomic E-state index is -3.59. The number of aliphatic hydroxyl groups excluding tert-OH is 1. The van der Waals surface area contributed by atoms with Gasteiger partial charge in [-0.25, -0.2) is 13.1 Å². The predicted octanol–water partition coefficient (Wildman–Crippen LogP) is 3.84. The average Bonchev–Trinajstić information content (AvgIpc) is 2.86. The third-order valence-electron chi connectivity index (χ3n) is 4.72. The Morgan fingerprint density at radius 3 is 2.40 bits per heavy atom. The van der Waals surface area contributed by atoms with Crippen LogP contribution < -0.4 is 4.72 Å². The first-order chi connectivity index (χ1) is 11.6. The van der Waals surface area contributed by atoms with Crippen molar-refractivity contribution in [2.24, 2.45) is 0 Å². The minimum absolute atomic E-state index is 0.0776. The van der Waals surface area contributed by atoms with Gasteiger partial charge in [-0.3, -0.25) is 0 Å². The Balaban J connectivity index is 2.34. The van der Waals surface area contributed by atoms with E-state index in [1.54, 1.807) is 12.1 Å². The summed E-state index contributed by atoms with van der Waals surface area (Å²) in [6.07, 6.45) is 5.12. The lowest BCUT2D eigenvalue weighted by molar-refractivity contribution is 0.263. The number of allylic oxidation sites excluding steroid dienone is 1. The molecule has 1 unspecified atom stereocenters. The summed E-state index contributed by atoms with van der Waals surface area (Å²) in [6, 6.07) is 7.95. The number of nitrogens with one attached hydrogen (secondary N) is 1. The molecule has 1 aromatic carbocycles. The number of aliphatic hydroxyl groups is 1. The molecular weight excluding hydrogens is 350 g/mol. The lowest BCUT2D eigenvalue weighted by Crippen LogP contribution is -2.49. The highest BCUT2D eigenvalue weighted by Gasteiger charge is 2.41. The largest absolute Gasteiger partial charge is 0.396 e. The molecule has 25 heavy (non-hydrogen) atoms. The summed E-state index contributed by atoms with van der Waals surface area (Å²) in [4.78, 5) is 0.306. The fourth-order valence-electron chi connectivity index (χ4n) is 3.53. The molecule has 0 radical (unpaired) electrons. The highest BCUT2D eigenvalue weighted by molar-refractivity contribution is 7.89. The molecule has 1 aromatic rings. The Bertz CT molecular complexity index is 720. The van der Waals surface area contributed by atoms with Crippen molar-refractivity contribution in [1.82, 2.24) is 4.72 Å². The maximum Gasteiger partial charge on any atom is 0.241 e. The van der Waals surface area contributed by atoms with Gasteiger partial charge in [-0.15, -0.1) is 0 Å². The van der Waals surface area contributed by atoms with Crippen LogP contribution in [0.5, 0.6) is 0 Å². The fraction of sp³-hybridized carbons (Fsp3) is 0.579. The van der Waals surface area contributed by atoms with E-state index in [1.165, 1.54) is 5.57 Å². The van der Waals surface area contributed by atoms with Crippen LogP contribution in [-0.2, 0) is 10.0 Å². The molecule has 4 nitrogen and oxygen atoms in total. The van der Waals surface area contributed by atoms with E-state index in [0.717, 1.165) is 24.4 Å². The molecule has 1 atom stereocenters. The lowest BCUT2D eigenvalue weighted by Gasteiger charge is -2.36. The highest BCUT2D eigenvalue weighted by atomic mass is 32.2. The second kappa shape index (κ2) is 7.74. The average molecular weight is 382 g/mol. The van der Waals surface area contributed by atoms with Crippen molar-refractivity contribution >= 4 is 18.1 Å². The Labute approximate surface area is 153 Å². The molecule has 0 amide bonds. The number of sulfonamides is 1. The van der Waals surface area contributed by atoms with Crippen molar-refractivity contribution in [2.75, 3.05) is 6.61 Å². The fourth-order valence-corrected chi connectivity index (χ4v) is 6.62. The van der Waals surface area contributed by atoms with Gasteiger partial charge in [0.2, 0.25) is 10.0 Å². The van der Waals surface area contributed by atoms with E-state index in [0.29, 0.717) is 17.7 Å². The minimum Gasteiger partial charge on any atom is -0.396 e. The molecule has 0 saturated carbocycles. The first kappa shape index (κ1) is 20.4. The smallest absolute Gasteiger partial charge is 0.241 e. The van der Waals surface area contributed by atoms with E-state index >= 15 is 0 Å². The van der Waals surface area contributed by atoms with Crippen LogP contribution in [0, 0.1) is 6.92 Å². The summed E-state index contributed by atoms with van der Waals surface area (Å²) in [5, 5.41) is 9.32. The molecule has 6 heteroatoms. The monoisotopic (exact) mass is 381 g/mol. The summed E-state index contributed by atoms with van der Waals surface area (Å²) in [5.41, 5.74) is 1.71. The third-order valence-corrected chi connectivity index (χ3v) is 7.71. The normalized spacial score (nSPS) is 21.4. The van der Waals surface area contributed by atoms with Gasteiger partial charge in [-0.05, 0) is 50.8 Å². The number of hydrogen-bond acceptors (Lipinski definition) is 3. The van der Waals surface area contributed by atoms with Gasteiger partial charge in [0.1, 0.15) is 0 Å². The lowest BCUT2D eigenvalue weighted by atomic mass is 9.88. The highest BCUT2D eigenvalue weighted by Crippen LogP contribution is 2.40. The molecule has 0 bridgehead atoms. The van der Waals surface area contributed by atoms with E-state index in [1.807, 2.05) is 19.1 Å². The van der Waals surface area contributed by atoms with E-state index in [2.05, 4.69) is 30.4 Å². The van der Waals surface area contributed by atoms with Crippen molar-refractivity contribution in [3.63, 3.8) is 0 Å². The molecule has 1 aliphatic carbocycles. The second-order valence-electron chi connectivity index (χ2n) is 8.33. The first-order valence-corrected chi connectivity index (χ1v) is 14.2. The number of aryl methyl sites for hydroxylation is 1. The molecule has 0 fully saturated rings. The molecule has 2 rings (SSSR count). The van der Waals surface area contributed by atoms with E-state index in [9.17, 15) is 13.5 Å². The summed E-state index contributed by atoms with van der Waals surface area (Å²) >= 11 is 0. The van der Waals surface area contributed by atoms with Crippen LogP contribution in [0.2, 0.25) is 25.7 Å². The Morgan fingerprint density at radius 2 is 1.84 bits per heavy atom. The molecule has 0 spiro atoms. The topological polar surface area (TPSA) is 66.4 Å². The molecule has 140 valence electrons. The number of hydrogen-bond donors (Lipinski definition) is 2. The van der Waals surface area contributed by atoms with Crippen LogP contribution in [0.1, 0.15) is 31.2 Å². The zero-order valence-electron chi connectivity index (χ0n) is 15.8. The van der Waals surface area contributed by atoms with Gasteiger partial charge in [-0.1, -0.05) is 49.0 Å². The Hall–Kier alpha value is -0.953. The van der Waals surface area contributed by atoms with Crippen LogP contribution in [0.15, 0.2) is 40.8 Å². The number of benzene rings is 1. The Morgan fingerprint density at radius 1 is 1.20 bits per heavy atom. The SMILES string of the molecule is Cc1ccc(S(=O)(=O)NC2(CCCO)CCC=C2C[Si](C)(C)C)cc1. The quantitative estimate of drug-likeness (QED) is 0.531. The van der Waals surface area contributed by atoms with Crippen LogP contribution >= 0.6 is 0 Å². The van der Waals surface area contributed by atoms with Gasteiger partial charge in [0, 0.05) is 14.7 Å². The summed E-state index contributed by atoms with van der Waals surface area (Å²) < 4.78 is 29.0. The summed E-state index contributed by atoms with van der Waals surface area (Å²) in [6.45, 7) is 8.93. The van der Waals surface area contributed by atoms with E-state index in [4.69, 9.17) is 0 Å². The first-order valence-electron chi connectivity index (χ1n) is 8.99. The van der Waals surface area contributed by atoms with Gasteiger partial charge < -0.3 is 5.11 Å². The van der Waals surface area contributed by atoms with Gasteiger partial charge in [0.05, 0.1) is 10.4 Å². The van der Waals surface area contributed by atoms with Gasteiger partial charge in [0.25, 0.3) is 0 Å². The molecule has 0 aromatic heterocycles. The van der Waals surface area contributed by atoms with Crippen LogP contribution in [0.25, 0.3) is 0 Å². The van der Waals surface area contributed by atoms with Crippen LogP contribution in [0.3, 0.4) is 0 Å². The molecule has 1 aliphatic rings. The molecule has 0 heterocycles. The van der Waals surface area contributed by atoms with Gasteiger partial charge >= 0.3 is 0 Å². The van der Waals surface area contributed by atoms with Crippen molar-refractivity contribution in [1.29, 1.82) is 0 Å². The second-order valence-corrected chi connectivity index (χ2v) is 15.5. The van der Waals surface area contributed by atoms with Crippen LogP contribution in [-0.4, -0.2) is 33.7 Å². The zero-order valence-corrected chi connectivity index (χ0v) is 17.6. The number of rotatable bonds is 8. The standard InChI is InChI=1S/C19H31NO3SSi/c1-16-8-10-18(11-9-16)24(22,23)20-19(13-6-14-21)12-5-7-17(19)15-25(2,3)4/h7-11,20-21H,5-6,12-15H2,1-4H3. The maximum atomic E-state index is 13.0. The van der Waals surface area contributed by atoms with Crippen molar-refractivity contribution < 1.29 is 13.5 Å². The van der Waals surface area contributed by atoms with Crippen molar-refractivity contribution in [3.8, 4) is 0 Å². The Kier molecular flexibility index (Phi) is 6.30. The third kappa shape index (κ3) is 5.26. The van der Waals surface area contributed by atoms with E-state index in [-0.39, 0.29) is 6.61 Å². The molecule has 2 N–H and O–H groups in total. The van der Waals surface area contributed by atoms with Crippen molar-refractivity contribution in [2.45, 2.75) is 68.7 Å². The molecule has 0 aliphatic heterocycles. The zero-order chi connectivity index (χ0) is 18.7. The summed E-state index contributed by atoms with van der Waals surface area (Å²) in [7, 11) is -4.97. The maximum absolute atomic E-state index is 13.0. The van der Waals surface area contributed by atoms with Gasteiger partial charge in [0.15, 0.2) is 0 Å². The van der Waals surface area contributed by atoms with Crippen LogP contribution in [0.4, 0.5) is 0 Å². The summed E-state index contributed by atoms with van der Waals surface area (Å²) in [5.74, 6) is 0.